The zero-order chi connectivity index (χ0) is 46.7. The molecule has 62 heavy (non-hydrogen) atoms. The number of nitrogens with two attached hydrogens (primary N) is 1. The molecule has 2 rings (SSSR count). The highest BCUT2D eigenvalue weighted by Crippen LogP contribution is 2.24. The number of nitrogens with one attached hydrogen (secondary N) is 5. The lowest BCUT2D eigenvalue weighted by Gasteiger charge is -2.27. The van der Waals surface area contributed by atoms with Crippen molar-refractivity contribution in [3.05, 3.63) is 74.8 Å². The number of hydrogen-bond donors (Lipinski definition) is 8. The summed E-state index contributed by atoms with van der Waals surface area (Å²) >= 11 is 5.77. The quantitative estimate of drug-likeness (QED) is 0.0323. The van der Waals surface area contributed by atoms with Crippen molar-refractivity contribution < 1.29 is 67.8 Å². The molecule has 0 radical (unpaired) electrons. The number of nitrogens with zero attached hydrogens (tertiary/aromatic N) is 1. The number of carbonyl (C=O) groups is 9. The lowest BCUT2D eigenvalue weighted by Crippen LogP contribution is -2.52. The van der Waals surface area contributed by atoms with Crippen LogP contribution >= 0.6 is 11.6 Å². The number of carbonyl (C=O) groups excluding carboxylic acids is 7. The van der Waals surface area contributed by atoms with Crippen LogP contribution in [0.3, 0.4) is 0 Å². The number of carboxylic acids is 2. The molecule has 5 atom stereocenters. The van der Waals surface area contributed by atoms with E-state index in [4.69, 9.17) is 26.8 Å². The predicted octanol–water partition coefficient (Wildman–Crippen LogP) is 2.02. The lowest BCUT2D eigenvalue weighted by molar-refractivity contribution is -0.385. The second-order valence-electron chi connectivity index (χ2n) is 14.7. The Balaban J connectivity index is 1.82. The summed E-state index contributed by atoms with van der Waals surface area (Å²) in [5.41, 5.74) is 3.79. The standard InChI is InChI=1S/C39H50ClN7O15/c1-21(43-35(53)24-14-13-23(40)20-27(24)47(59)60)34(52)45-25(33(41)51)15-16-29(49)44-26(36(54)55)12-8-9-19-42-28(48)17-18-30(50)61-32(37(56)57)31(22-10-6-5-7-11-22)46-38(58)62-39(2,3)4/h5-7,10-11,13-14,20-21,25-26,31-32H,8-9,12,15-19H2,1-4H3,(H2,41,51)(H,42,48)(H,43,53)(H,44,49)(H,45,52)(H,46,58)(H,54,55)(H,56,57)/t21-,25+,26-,31-,32+/m0/s1. The third-order valence-electron chi connectivity index (χ3n) is 8.53. The van der Waals surface area contributed by atoms with Crippen LogP contribution in [0.4, 0.5) is 10.5 Å². The van der Waals surface area contributed by atoms with Crippen LogP contribution in [0, 0.1) is 10.1 Å². The number of alkyl carbamates (subject to hydrolysis) is 1. The number of amides is 6. The van der Waals surface area contributed by atoms with Gasteiger partial charge in [-0.15, -0.1) is 0 Å². The number of ether oxygens (including phenoxy) is 2. The molecule has 6 amide bonds. The summed E-state index contributed by atoms with van der Waals surface area (Å²) in [5.74, 6) is -8.30. The van der Waals surface area contributed by atoms with E-state index in [1.54, 1.807) is 39.0 Å². The number of benzene rings is 2. The molecular weight excluding hydrogens is 842 g/mol. The van der Waals surface area contributed by atoms with E-state index < -0.39 is 113 Å². The normalized spacial score (nSPS) is 13.4. The average Bonchev–Trinajstić information content (AvgIpc) is 3.18. The van der Waals surface area contributed by atoms with Gasteiger partial charge in [-0.25, -0.2) is 14.4 Å². The zero-order valence-corrected chi connectivity index (χ0v) is 35.0. The number of carboxylic acid groups (broad SMARTS) is 2. The van der Waals surface area contributed by atoms with E-state index in [1.807, 2.05) is 0 Å². The number of nitro benzene ring substituents is 1. The second-order valence-corrected chi connectivity index (χ2v) is 15.1. The first-order chi connectivity index (χ1) is 29.0. The van der Waals surface area contributed by atoms with Gasteiger partial charge in [0.15, 0.2) is 0 Å². The van der Waals surface area contributed by atoms with Crippen molar-refractivity contribution in [2.75, 3.05) is 6.54 Å². The van der Waals surface area contributed by atoms with Gasteiger partial charge in [0.05, 0.1) is 11.3 Å². The monoisotopic (exact) mass is 891 g/mol. The number of esters is 1. The van der Waals surface area contributed by atoms with E-state index >= 15 is 0 Å². The van der Waals surface area contributed by atoms with Gasteiger partial charge in [0.2, 0.25) is 29.7 Å². The molecule has 0 aromatic heterocycles. The number of halogens is 1. The van der Waals surface area contributed by atoms with Crippen LogP contribution in [0.15, 0.2) is 48.5 Å². The Bertz CT molecular complexity index is 1980. The van der Waals surface area contributed by atoms with E-state index in [2.05, 4.69) is 26.6 Å². The highest BCUT2D eigenvalue weighted by molar-refractivity contribution is 6.31. The van der Waals surface area contributed by atoms with Crippen molar-refractivity contribution in [3.8, 4) is 0 Å². The maximum absolute atomic E-state index is 12.7. The molecular formula is C39H50ClN7O15. The smallest absolute Gasteiger partial charge is 0.408 e. The average molecular weight is 892 g/mol. The lowest BCUT2D eigenvalue weighted by atomic mass is 10.0. The van der Waals surface area contributed by atoms with Crippen LogP contribution in [-0.2, 0) is 43.0 Å². The Morgan fingerprint density at radius 3 is 2.06 bits per heavy atom. The summed E-state index contributed by atoms with van der Waals surface area (Å²) in [6.45, 7) is 6.12. The number of nitro groups is 1. The maximum Gasteiger partial charge on any atom is 0.408 e. The summed E-state index contributed by atoms with van der Waals surface area (Å²) in [4.78, 5) is 122. The van der Waals surface area contributed by atoms with Gasteiger partial charge in [-0.1, -0.05) is 41.9 Å². The Labute approximate surface area is 360 Å². The van der Waals surface area contributed by atoms with Crippen molar-refractivity contribution in [3.63, 3.8) is 0 Å². The summed E-state index contributed by atoms with van der Waals surface area (Å²) in [5, 5.41) is 42.7. The Morgan fingerprint density at radius 1 is 0.823 bits per heavy atom. The van der Waals surface area contributed by atoms with Gasteiger partial charge in [-0.3, -0.25) is 38.9 Å². The highest BCUT2D eigenvalue weighted by Gasteiger charge is 2.36. The summed E-state index contributed by atoms with van der Waals surface area (Å²) in [6, 6.07) is 5.75. The van der Waals surface area contributed by atoms with E-state index in [0.29, 0.717) is 5.56 Å². The third-order valence-corrected chi connectivity index (χ3v) is 8.76. The number of unbranched alkanes of at least 4 members (excludes halogenated alkanes) is 1. The number of rotatable bonds is 24. The van der Waals surface area contributed by atoms with Gasteiger partial charge in [0.25, 0.3) is 11.6 Å². The molecule has 23 heteroatoms. The minimum Gasteiger partial charge on any atom is -0.480 e. The summed E-state index contributed by atoms with van der Waals surface area (Å²) in [7, 11) is 0. The third kappa shape index (κ3) is 18.2. The first kappa shape index (κ1) is 51.3. The number of hydrogen-bond acceptors (Lipinski definition) is 13. The van der Waals surface area contributed by atoms with Crippen LogP contribution in [0.2, 0.25) is 5.02 Å². The first-order valence-corrected chi connectivity index (χ1v) is 19.5. The molecule has 0 fully saturated rings. The van der Waals surface area contributed by atoms with Crippen LogP contribution in [0.1, 0.15) is 94.6 Å². The molecule has 338 valence electrons. The van der Waals surface area contributed by atoms with Gasteiger partial charge in [0.1, 0.15) is 35.3 Å². The predicted molar refractivity (Wildman–Crippen MR) is 217 cm³/mol. The van der Waals surface area contributed by atoms with Crippen LogP contribution < -0.4 is 32.3 Å². The van der Waals surface area contributed by atoms with E-state index in [9.17, 15) is 63.5 Å². The minimum atomic E-state index is -1.87. The molecule has 0 aliphatic heterocycles. The molecule has 0 heterocycles. The highest BCUT2D eigenvalue weighted by atomic mass is 35.5. The Morgan fingerprint density at radius 2 is 1.48 bits per heavy atom. The molecule has 0 aliphatic rings. The fourth-order valence-electron chi connectivity index (χ4n) is 5.46. The topological polar surface area (TPSA) is 342 Å². The Kier molecular flexibility index (Phi) is 20.2. The van der Waals surface area contributed by atoms with Gasteiger partial charge in [-0.05, 0) is 71.1 Å². The van der Waals surface area contributed by atoms with Crippen LogP contribution in [-0.4, -0.2) is 105 Å². The molecule has 0 bridgehead atoms. The van der Waals surface area contributed by atoms with E-state index in [-0.39, 0.29) is 49.2 Å². The molecule has 2 aromatic carbocycles. The molecule has 2 aromatic rings. The van der Waals surface area contributed by atoms with Crippen molar-refractivity contribution in [1.29, 1.82) is 0 Å². The molecule has 0 saturated carbocycles. The summed E-state index contributed by atoms with van der Waals surface area (Å²) in [6.07, 6.45) is -4.14. The number of primary amides is 1. The van der Waals surface area contributed by atoms with Crippen molar-refractivity contribution in [2.45, 2.75) is 109 Å². The Hall–Kier alpha value is -6.84. The zero-order valence-electron chi connectivity index (χ0n) is 34.3. The van der Waals surface area contributed by atoms with Gasteiger partial charge < -0.3 is 52.0 Å². The minimum absolute atomic E-state index is 0.00318. The SMILES string of the molecule is C[C@H](NC(=O)c1ccc(Cl)cc1[N+](=O)[O-])C(=O)N[C@H](CCC(=O)N[C@@H](CCCCNC(=O)CCC(=O)O[C@@H](C(=O)O)[C@@H](NC(=O)OC(C)(C)C)c1ccccc1)C(=O)O)C(N)=O. The van der Waals surface area contributed by atoms with E-state index in [0.717, 1.165) is 12.1 Å². The number of aliphatic carboxylic acids is 2. The van der Waals surface area contributed by atoms with Gasteiger partial charge in [0, 0.05) is 30.5 Å². The molecule has 9 N–H and O–H groups in total. The van der Waals surface area contributed by atoms with Gasteiger partial charge in [-0.2, -0.15) is 0 Å². The summed E-state index contributed by atoms with van der Waals surface area (Å²) < 4.78 is 10.4. The molecule has 22 nitrogen and oxygen atoms in total. The molecule has 0 spiro atoms. The van der Waals surface area contributed by atoms with Crippen molar-refractivity contribution >= 4 is 70.8 Å². The molecule has 0 aliphatic carbocycles. The van der Waals surface area contributed by atoms with Crippen LogP contribution in [0.5, 0.6) is 0 Å². The van der Waals surface area contributed by atoms with Gasteiger partial charge >= 0.3 is 24.0 Å². The first-order valence-electron chi connectivity index (χ1n) is 19.1. The largest absolute Gasteiger partial charge is 0.480 e. The fourth-order valence-corrected chi connectivity index (χ4v) is 5.63. The van der Waals surface area contributed by atoms with Crippen LogP contribution in [0.25, 0.3) is 0 Å². The maximum atomic E-state index is 12.7. The fraction of sp³-hybridized carbons (Fsp3) is 0.462. The molecule has 0 unspecified atom stereocenters. The van der Waals surface area contributed by atoms with E-state index in [1.165, 1.54) is 25.1 Å². The van der Waals surface area contributed by atoms with Crippen molar-refractivity contribution in [2.24, 2.45) is 5.73 Å². The molecule has 0 saturated heterocycles. The second kappa shape index (κ2) is 24.4. The van der Waals surface area contributed by atoms with Crippen molar-refractivity contribution in [1.82, 2.24) is 26.6 Å².